The van der Waals surface area contributed by atoms with E-state index in [-0.39, 0.29) is 53.5 Å². The molecule has 3 rings (SSSR count). The smallest absolute Gasteiger partial charge is 0.405 e. The zero-order chi connectivity index (χ0) is 31.2. The largest absolute Gasteiger partial charge is 0.465 e. The van der Waals surface area contributed by atoms with E-state index < -0.39 is 48.4 Å². The molecule has 226 valence electrons. The van der Waals surface area contributed by atoms with E-state index in [2.05, 4.69) is 25.6 Å². The highest BCUT2D eigenvalue weighted by atomic mass is 19.4. The molecule has 0 spiro atoms. The van der Waals surface area contributed by atoms with Gasteiger partial charge in [0.05, 0.1) is 24.0 Å². The molecule has 0 aliphatic rings. The van der Waals surface area contributed by atoms with Crippen LogP contribution in [0.2, 0.25) is 0 Å². The van der Waals surface area contributed by atoms with Gasteiger partial charge in [-0.1, -0.05) is 6.08 Å². The summed E-state index contributed by atoms with van der Waals surface area (Å²) in [6.45, 7) is 1.34. The van der Waals surface area contributed by atoms with Gasteiger partial charge in [-0.25, -0.2) is 14.2 Å². The number of hydrogen-bond donors (Lipinski definition) is 4. The fourth-order valence-electron chi connectivity index (χ4n) is 3.93. The molecule has 0 aliphatic carbocycles. The number of pyridine rings is 2. The molecule has 0 aliphatic heterocycles. The number of hydrogen-bond acceptors (Lipinski definition) is 6. The maximum atomic E-state index is 14.4. The van der Waals surface area contributed by atoms with Crippen molar-refractivity contribution in [2.24, 2.45) is 0 Å². The van der Waals surface area contributed by atoms with Crippen molar-refractivity contribution >= 4 is 34.6 Å². The molecule has 0 bridgehead atoms. The molecule has 4 N–H and O–H groups in total. The minimum atomic E-state index is -4.44. The van der Waals surface area contributed by atoms with E-state index in [9.17, 15) is 36.7 Å². The number of halogens is 4. The number of nitrogens with zero attached hydrogens (tertiary/aromatic N) is 4. The van der Waals surface area contributed by atoms with E-state index in [1.54, 1.807) is 21.0 Å². The van der Waals surface area contributed by atoms with Crippen LogP contribution in [0.1, 0.15) is 36.5 Å². The van der Waals surface area contributed by atoms with Crippen LogP contribution in [0, 0.1) is 12.7 Å². The van der Waals surface area contributed by atoms with Gasteiger partial charge >= 0.3 is 12.3 Å². The van der Waals surface area contributed by atoms with Crippen LogP contribution in [0.15, 0.2) is 35.3 Å². The minimum absolute atomic E-state index is 0.00928. The monoisotopic (exact) mass is 595 g/mol. The third-order valence-electron chi connectivity index (χ3n) is 6.14. The van der Waals surface area contributed by atoms with Crippen LogP contribution in [0.5, 0.6) is 0 Å². The molecular formula is C26H29F4N7O5. The molecule has 3 aromatic heterocycles. The number of H-pyrrole nitrogens is 1. The molecule has 42 heavy (non-hydrogen) atoms. The van der Waals surface area contributed by atoms with Gasteiger partial charge in [0.2, 0.25) is 11.8 Å². The third-order valence-corrected chi connectivity index (χ3v) is 6.14. The predicted octanol–water partition coefficient (Wildman–Crippen LogP) is 3.11. The molecule has 0 radical (unpaired) electrons. The number of likely N-dealkylation sites (N-methyl/N-ethyl adjacent to an activating group) is 1. The third kappa shape index (κ3) is 8.37. The second kappa shape index (κ2) is 13.3. The number of aryl methyl sites for hydroxylation is 2. The maximum absolute atomic E-state index is 14.4. The Balaban J connectivity index is 1.82. The Labute approximate surface area is 236 Å². The summed E-state index contributed by atoms with van der Waals surface area (Å²) in [5.41, 5.74) is -0.735. The van der Waals surface area contributed by atoms with Gasteiger partial charge in [-0.15, -0.1) is 0 Å². The van der Waals surface area contributed by atoms with Crippen LogP contribution >= 0.6 is 0 Å². The molecule has 0 aromatic carbocycles. The standard InChI is InChI=1S/C26H29F4N7O5/c1-14-8-9-18(32-23(39)17(33-25(41)42)6-4-5-7-20(38)36(2)3)24(40)37(14)13-19-34-21-15(27)12-31-16(22(21)35-19)10-11-26(28,29)30/h5,7-9,12,17,33H,4,6,10-11,13H2,1-3H3,(H,32,39)(H,34,35)(H,41,42)/b7-5+/t17-/m0/s1. The number of aromatic amines is 1. The van der Waals surface area contributed by atoms with E-state index >= 15 is 0 Å². The summed E-state index contributed by atoms with van der Waals surface area (Å²) in [7, 11) is 3.12. The Morgan fingerprint density at radius 1 is 1.24 bits per heavy atom. The summed E-state index contributed by atoms with van der Waals surface area (Å²) in [5, 5.41) is 13.6. The highest BCUT2D eigenvalue weighted by Gasteiger charge is 2.28. The Hall–Kier alpha value is -4.76. The maximum Gasteiger partial charge on any atom is 0.405 e. The molecule has 12 nitrogen and oxygen atoms in total. The van der Waals surface area contributed by atoms with Crippen molar-refractivity contribution in [2.75, 3.05) is 19.4 Å². The number of allylic oxidation sites excluding steroid dienone is 1. The number of nitrogens with one attached hydrogen (secondary N) is 3. The highest BCUT2D eigenvalue weighted by Crippen LogP contribution is 2.25. The lowest BCUT2D eigenvalue weighted by Crippen LogP contribution is -2.44. The minimum Gasteiger partial charge on any atom is -0.465 e. The number of aromatic nitrogens is 4. The summed E-state index contributed by atoms with van der Waals surface area (Å²) in [5.74, 6) is -1.90. The summed E-state index contributed by atoms with van der Waals surface area (Å²) >= 11 is 0. The van der Waals surface area contributed by atoms with Crippen LogP contribution in [-0.4, -0.2) is 73.7 Å². The number of rotatable bonds is 11. The van der Waals surface area contributed by atoms with Crippen molar-refractivity contribution in [3.63, 3.8) is 0 Å². The van der Waals surface area contributed by atoms with E-state index in [1.165, 1.54) is 33.8 Å². The van der Waals surface area contributed by atoms with Crippen molar-refractivity contribution in [3.8, 4) is 0 Å². The molecule has 16 heteroatoms. The fourth-order valence-corrected chi connectivity index (χ4v) is 3.93. The molecule has 0 saturated heterocycles. The Morgan fingerprint density at radius 3 is 2.60 bits per heavy atom. The number of alkyl halides is 3. The zero-order valence-electron chi connectivity index (χ0n) is 22.9. The lowest BCUT2D eigenvalue weighted by Gasteiger charge is -2.17. The van der Waals surface area contributed by atoms with Crippen LogP contribution in [0.25, 0.3) is 11.0 Å². The number of carbonyl (C=O) groups excluding carboxylic acids is 2. The van der Waals surface area contributed by atoms with E-state index in [1.807, 2.05) is 0 Å². The fraction of sp³-hybridized carbons (Fsp3) is 0.385. The van der Waals surface area contributed by atoms with Gasteiger partial charge in [0.15, 0.2) is 5.82 Å². The molecule has 3 aromatic rings. The van der Waals surface area contributed by atoms with Gasteiger partial charge in [-0.3, -0.25) is 19.4 Å². The number of amides is 3. The summed E-state index contributed by atoms with van der Waals surface area (Å²) in [4.78, 5) is 61.0. The van der Waals surface area contributed by atoms with E-state index in [0.29, 0.717) is 5.69 Å². The molecular weight excluding hydrogens is 566 g/mol. The first-order chi connectivity index (χ1) is 19.7. The predicted molar refractivity (Wildman–Crippen MR) is 143 cm³/mol. The summed E-state index contributed by atoms with van der Waals surface area (Å²) < 4.78 is 53.7. The Bertz CT molecular complexity index is 1560. The number of anilines is 1. The first-order valence-electron chi connectivity index (χ1n) is 12.6. The topological polar surface area (TPSA) is 162 Å². The van der Waals surface area contributed by atoms with Gasteiger partial charge in [-0.05, 0) is 38.0 Å². The van der Waals surface area contributed by atoms with Crippen molar-refractivity contribution in [1.29, 1.82) is 0 Å². The molecule has 0 unspecified atom stereocenters. The summed E-state index contributed by atoms with van der Waals surface area (Å²) in [6, 6.07) is 1.58. The van der Waals surface area contributed by atoms with Crippen LogP contribution in [-0.2, 0) is 22.6 Å². The normalized spacial score (nSPS) is 12.5. The second-order valence-electron chi connectivity index (χ2n) is 9.56. The summed E-state index contributed by atoms with van der Waals surface area (Å²) in [6.07, 6.45) is -3.86. The average Bonchev–Trinajstić information content (AvgIpc) is 3.33. The van der Waals surface area contributed by atoms with Gasteiger partial charge in [0.25, 0.3) is 5.56 Å². The van der Waals surface area contributed by atoms with Crippen LogP contribution in [0.3, 0.4) is 0 Å². The van der Waals surface area contributed by atoms with Crippen molar-refractivity contribution in [1.82, 2.24) is 29.7 Å². The van der Waals surface area contributed by atoms with Gasteiger partial charge < -0.3 is 30.2 Å². The first-order valence-corrected chi connectivity index (χ1v) is 12.6. The van der Waals surface area contributed by atoms with Crippen LogP contribution < -0.4 is 16.2 Å². The van der Waals surface area contributed by atoms with Gasteiger partial charge in [0.1, 0.15) is 23.1 Å². The van der Waals surface area contributed by atoms with Gasteiger partial charge in [-0.2, -0.15) is 13.2 Å². The molecule has 1 atom stereocenters. The van der Waals surface area contributed by atoms with Crippen molar-refractivity contribution in [3.05, 3.63) is 63.9 Å². The van der Waals surface area contributed by atoms with Gasteiger partial charge in [0, 0.05) is 32.6 Å². The number of imidazole rings is 1. The zero-order valence-corrected chi connectivity index (χ0v) is 22.9. The Kier molecular flexibility index (Phi) is 10.0. The number of fused-ring (bicyclic) bond motifs is 1. The molecule has 0 saturated carbocycles. The van der Waals surface area contributed by atoms with Crippen molar-refractivity contribution in [2.45, 2.75) is 51.4 Å². The molecule has 0 fully saturated rings. The Morgan fingerprint density at radius 2 is 1.95 bits per heavy atom. The molecule has 3 heterocycles. The first kappa shape index (κ1) is 31.8. The van der Waals surface area contributed by atoms with E-state index in [4.69, 9.17) is 5.11 Å². The molecule has 3 amide bonds. The number of carbonyl (C=O) groups is 3. The van der Waals surface area contributed by atoms with Crippen molar-refractivity contribution < 1.29 is 37.1 Å². The lowest BCUT2D eigenvalue weighted by atomic mass is 10.1. The number of carboxylic acid groups (broad SMARTS) is 1. The second-order valence-corrected chi connectivity index (χ2v) is 9.56. The lowest BCUT2D eigenvalue weighted by molar-refractivity contribution is -0.134. The van der Waals surface area contributed by atoms with Crippen LogP contribution in [0.4, 0.5) is 28.0 Å². The van der Waals surface area contributed by atoms with E-state index in [0.717, 1.165) is 6.20 Å². The quantitative estimate of drug-likeness (QED) is 0.196. The average molecular weight is 596 g/mol. The SMILES string of the molecule is Cc1ccc(NC(=O)[C@H](CC/C=C/C(=O)N(C)C)NC(=O)O)c(=O)n1Cc1nc2c(F)cnc(CCC(F)(F)F)c2[nH]1. The highest BCUT2D eigenvalue weighted by molar-refractivity contribution is 5.96.